The van der Waals surface area contributed by atoms with E-state index in [0.717, 1.165) is 0 Å². The molecule has 0 saturated carbocycles. The lowest BCUT2D eigenvalue weighted by Gasteiger charge is -2.07. The van der Waals surface area contributed by atoms with Crippen LogP contribution in [0, 0.1) is 11.3 Å². The number of sulfone groups is 1. The monoisotopic (exact) mass is 225 g/mol. The molecule has 0 radical (unpaired) electrons. The predicted molar refractivity (Wildman–Crippen MR) is 53.7 cm³/mol. The zero-order valence-corrected chi connectivity index (χ0v) is 9.37. The Morgan fingerprint density at radius 2 is 2.13 bits per heavy atom. The van der Waals surface area contributed by atoms with E-state index in [9.17, 15) is 8.42 Å². The molecule has 1 aromatic heterocycles. The molecule has 0 atom stereocenters. The summed E-state index contributed by atoms with van der Waals surface area (Å²) in [6.45, 7) is 3.83. The Kier molecular flexibility index (Phi) is 2.08. The largest absolute Gasteiger partial charge is 0.252 e. The molecule has 0 amide bonds. The van der Waals surface area contributed by atoms with E-state index in [1.54, 1.807) is 4.68 Å². The lowest BCUT2D eigenvalue weighted by Crippen LogP contribution is -2.09. The molecule has 1 aromatic rings. The third kappa shape index (κ3) is 1.53. The molecule has 0 aliphatic carbocycles. The number of nitrogens with zero attached hydrogens (tertiary/aromatic N) is 3. The zero-order valence-electron chi connectivity index (χ0n) is 8.56. The van der Waals surface area contributed by atoms with Gasteiger partial charge in [0, 0.05) is 11.6 Å². The molecule has 0 bridgehead atoms. The first-order valence-electron chi connectivity index (χ1n) is 4.65. The van der Waals surface area contributed by atoms with Gasteiger partial charge in [0.1, 0.15) is 11.8 Å². The van der Waals surface area contributed by atoms with E-state index in [-0.39, 0.29) is 17.5 Å². The van der Waals surface area contributed by atoms with Gasteiger partial charge in [-0.2, -0.15) is 10.4 Å². The molecule has 0 saturated heterocycles. The third-order valence-electron chi connectivity index (χ3n) is 2.41. The Bertz CT molecular complexity index is 549. The number of nitriles is 1. The smallest absolute Gasteiger partial charge is 0.160 e. The van der Waals surface area contributed by atoms with Crippen molar-refractivity contribution in [2.75, 3.05) is 0 Å². The van der Waals surface area contributed by atoms with E-state index >= 15 is 0 Å². The van der Waals surface area contributed by atoms with Crippen LogP contribution in [0.3, 0.4) is 0 Å². The quantitative estimate of drug-likeness (QED) is 0.707. The second-order valence-corrected chi connectivity index (χ2v) is 6.02. The fraction of sp³-hybridized carbons (Fsp3) is 0.556. The molecular formula is C9H11N3O2S. The molecule has 2 rings (SSSR count). The summed E-state index contributed by atoms with van der Waals surface area (Å²) in [4.78, 5) is 0. The number of fused-ring (bicyclic) bond motifs is 1. The molecular weight excluding hydrogens is 214 g/mol. The molecule has 0 spiro atoms. The number of rotatable bonds is 1. The van der Waals surface area contributed by atoms with Gasteiger partial charge in [0.2, 0.25) is 0 Å². The fourth-order valence-corrected chi connectivity index (χ4v) is 3.25. The van der Waals surface area contributed by atoms with Crippen LogP contribution in [0.15, 0.2) is 0 Å². The summed E-state index contributed by atoms with van der Waals surface area (Å²) in [6.07, 6.45) is 0. The average molecular weight is 225 g/mol. The normalized spacial score (nSPS) is 17.7. The van der Waals surface area contributed by atoms with Crippen LogP contribution in [0.4, 0.5) is 0 Å². The summed E-state index contributed by atoms with van der Waals surface area (Å²) < 4.78 is 24.3. The maximum atomic E-state index is 11.3. The van der Waals surface area contributed by atoms with Crippen LogP contribution in [-0.2, 0) is 21.3 Å². The lowest BCUT2D eigenvalue weighted by molar-refractivity contribution is 0.521. The van der Waals surface area contributed by atoms with Crippen LogP contribution in [-0.4, -0.2) is 18.2 Å². The van der Waals surface area contributed by atoms with Crippen molar-refractivity contribution in [3.05, 3.63) is 17.0 Å². The minimum atomic E-state index is -3.06. The topological polar surface area (TPSA) is 75.8 Å². The first-order valence-corrected chi connectivity index (χ1v) is 6.47. The van der Waals surface area contributed by atoms with E-state index in [4.69, 9.17) is 5.26 Å². The van der Waals surface area contributed by atoms with E-state index in [1.165, 1.54) is 0 Å². The van der Waals surface area contributed by atoms with E-state index in [1.807, 2.05) is 19.9 Å². The van der Waals surface area contributed by atoms with Gasteiger partial charge in [-0.05, 0) is 13.8 Å². The number of aromatic nitrogens is 2. The number of hydrogen-bond donors (Lipinski definition) is 0. The molecule has 80 valence electrons. The van der Waals surface area contributed by atoms with E-state index < -0.39 is 9.84 Å². The van der Waals surface area contributed by atoms with Crippen LogP contribution < -0.4 is 0 Å². The molecule has 0 fully saturated rings. The summed E-state index contributed by atoms with van der Waals surface area (Å²) in [5, 5.41) is 13.2. The molecule has 0 aromatic carbocycles. The minimum Gasteiger partial charge on any atom is -0.252 e. The Balaban J connectivity index is 2.60. The fourth-order valence-electron chi connectivity index (χ4n) is 1.75. The highest BCUT2D eigenvalue weighted by molar-refractivity contribution is 7.90. The van der Waals surface area contributed by atoms with Crippen molar-refractivity contribution in [1.82, 2.24) is 9.78 Å². The van der Waals surface area contributed by atoms with Crippen molar-refractivity contribution >= 4 is 9.84 Å². The van der Waals surface area contributed by atoms with Crippen molar-refractivity contribution in [2.45, 2.75) is 31.4 Å². The molecule has 0 N–H and O–H groups in total. The highest BCUT2D eigenvalue weighted by atomic mass is 32.2. The first kappa shape index (κ1) is 10.2. The van der Waals surface area contributed by atoms with Crippen molar-refractivity contribution in [2.24, 2.45) is 0 Å². The second-order valence-electron chi connectivity index (χ2n) is 3.96. The number of hydrogen-bond acceptors (Lipinski definition) is 4. The molecule has 1 aliphatic heterocycles. The van der Waals surface area contributed by atoms with Gasteiger partial charge in [0.25, 0.3) is 0 Å². The predicted octanol–water partition coefficient (Wildman–Crippen LogP) is 0.764. The highest BCUT2D eigenvalue weighted by Crippen LogP contribution is 2.28. The Morgan fingerprint density at radius 3 is 2.67 bits per heavy atom. The van der Waals surface area contributed by atoms with Crippen LogP contribution in [0.5, 0.6) is 0 Å². The van der Waals surface area contributed by atoms with E-state index in [2.05, 4.69) is 5.10 Å². The summed E-state index contributed by atoms with van der Waals surface area (Å²) in [5.74, 6) is -0.0747. The Hall–Kier alpha value is -1.35. The molecule has 6 heteroatoms. The maximum absolute atomic E-state index is 11.3. The molecule has 2 heterocycles. The maximum Gasteiger partial charge on any atom is 0.160 e. The van der Waals surface area contributed by atoms with Gasteiger partial charge in [-0.25, -0.2) is 8.42 Å². The molecule has 1 aliphatic rings. The SMILES string of the molecule is CC(C)n1nc2c(c1C#N)CS(=O)(=O)C2. The van der Waals surface area contributed by atoms with Crippen molar-refractivity contribution in [3.63, 3.8) is 0 Å². The van der Waals surface area contributed by atoms with Crippen molar-refractivity contribution in [1.29, 1.82) is 5.26 Å². The van der Waals surface area contributed by atoms with Gasteiger partial charge in [-0.3, -0.25) is 4.68 Å². The van der Waals surface area contributed by atoms with Crippen molar-refractivity contribution < 1.29 is 8.42 Å². The van der Waals surface area contributed by atoms with Crippen LogP contribution in [0.2, 0.25) is 0 Å². The lowest BCUT2D eigenvalue weighted by atomic mass is 10.2. The summed E-state index contributed by atoms with van der Waals surface area (Å²) >= 11 is 0. The molecule has 0 unspecified atom stereocenters. The minimum absolute atomic E-state index is 0.0310. The van der Waals surface area contributed by atoms with Crippen molar-refractivity contribution in [3.8, 4) is 6.07 Å². The summed E-state index contributed by atoms with van der Waals surface area (Å²) in [6, 6.07) is 2.11. The second kappa shape index (κ2) is 3.07. The zero-order chi connectivity index (χ0) is 11.2. The van der Waals surface area contributed by atoms with E-state index in [0.29, 0.717) is 17.0 Å². The average Bonchev–Trinajstić information content (AvgIpc) is 2.55. The van der Waals surface area contributed by atoms with Gasteiger partial charge in [-0.15, -0.1) is 0 Å². The van der Waals surface area contributed by atoms with Crippen LogP contribution in [0.1, 0.15) is 36.8 Å². The van der Waals surface area contributed by atoms with Gasteiger partial charge in [0.15, 0.2) is 9.84 Å². The highest BCUT2D eigenvalue weighted by Gasteiger charge is 2.32. The summed E-state index contributed by atoms with van der Waals surface area (Å²) in [5.41, 5.74) is 1.52. The Labute approximate surface area is 88.2 Å². The third-order valence-corrected chi connectivity index (χ3v) is 3.85. The molecule has 15 heavy (non-hydrogen) atoms. The Morgan fingerprint density at radius 1 is 1.47 bits per heavy atom. The molecule has 5 nitrogen and oxygen atoms in total. The van der Waals surface area contributed by atoms with Gasteiger partial charge < -0.3 is 0 Å². The standard InChI is InChI=1S/C9H11N3O2S/c1-6(2)12-9(3-10)7-4-15(13,14)5-8(7)11-12/h6H,4-5H2,1-2H3. The van der Waals surface area contributed by atoms with Gasteiger partial charge in [0.05, 0.1) is 17.2 Å². The van der Waals surface area contributed by atoms with Crippen LogP contribution in [0.25, 0.3) is 0 Å². The first-order chi connectivity index (χ1) is 6.94. The summed E-state index contributed by atoms with van der Waals surface area (Å²) in [7, 11) is -3.06. The van der Waals surface area contributed by atoms with Gasteiger partial charge in [-0.1, -0.05) is 0 Å². The van der Waals surface area contributed by atoms with Gasteiger partial charge >= 0.3 is 0 Å². The van der Waals surface area contributed by atoms with Crippen LogP contribution >= 0.6 is 0 Å².